The van der Waals surface area contributed by atoms with Gasteiger partial charge in [-0.25, -0.2) is 9.99 Å². The zero-order chi connectivity index (χ0) is 22.0. The van der Waals surface area contributed by atoms with Gasteiger partial charge in [0.15, 0.2) is 0 Å². The van der Waals surface area contributed by atoms with Crippen molar-refractivity contribution in [2.45, 2.75) is 40.3 Å². The summed E-state index contributed by atoms with van der Waals surface area (Å²) in [6.45, 7) is 7.92. The van der Waals surface area contributed by atoms with E-state index in [0.717, 1.165) is 29.6 Å². The molecule has 2 amide bonds. The molecular weight excluding hydrogens is 392 g/mol. The molecule has 0 unspecified atom stereocenters. The van der Waals surface area contributed by atoms with Crippen LogP contribution in [-0.2, 0) is 17.9 Å². The molecule has 1 aliphatic heterocycles. The summed E-state index contributed by atoms with van der Waals surface area (Å²) in [6.07, 6.45) is 6.15. The SMILES string of the molecule is CC(C)(C)C1=NN(CC(=O)NCCCn2ccnc2)C(=O)c2cc3ccccc3n2C1. The van der Waals surface area contributed by atoms with E-state index in [4.69, 9.17) is 0 Å². The van der Waals surface area contributed by atoms with Gasteiger partial charge in [-0.1, -0.05) is 39.0 Å². The summed E-state index contributed by atoms with van der Waals surface area (Å²) in [7, 11) is 0. The molecule has 0 spiro atoms. The van der Waals surface area contributed by atoms with Gasteiger partial charge in [0.05, 0.1) is 18.6 Å². The molecule has 0 atom stereocenters. The van der Waals surface area contributed by atoms with Gasteiger partial charge >= 0.3 is 0 Å². The second kappa shape index (κ2) is 8.37. The van der Waals surface area contributed by atoms with Crippen molar-refractivity contribution < 1.29 is 9.59 Å². The highest BCUT2D eigenvalue weighted by molar-refractivity contribution is 6.03. The first-order chi connectivity index (χ1) is 14.8. The normalized spacial score (nSPS) is 14.4. The molecule has 3 heterocycles. The molecule has 2 aromatic heterocycles. The quantitative estimate of drug-likeness (QED) is 0.623. The van der Waals surface area contributed by atoms with Crippen molar-refractivity contribution in [3.63, 3.8) is 0 Å². The smallest absolute Gasteiger partial charge is 0.291 e. The molecule has 31 heavy (non-hydrogen) atoms. The number of carbonyl (C=O) groups excluding carboxylic acids is 2. The Bertz CT molecular complexity index is 1120. The Morgan fingerprint density at radius 2 is 2.03 bits per heavy atom. The third-order valence-corrected chi connectivity index (χ3v) is 5.45. The van der Waals surface area contributed by atoms with E-state index in [1.165, 1.54) is 5.01 Å². The summed E-state index contributed by atoms with van der Waals surface area (Å²) in [5.41, 5.74) is 2.16. The van der Waals surface area contributed by atoms with Crippen LogP contribution in [0.4, 0.5) is 0 Å². The minimum absolute atomic E-state index is 0.106. The molecule has 1 aliphatic rings. The van der Waals surface area contributed by atoms with Crippen molar-refractivity contribution in [3.8, 4) is 0 Å². The summed E-state index contributed by atoms with van der Waals surface area (Å²) >= 11 is 0. The van der Waals surface area contributed by atoms with E-state index >= 15 is 0 Å². The standard InChI is InChI=1S/C23H28N6O2/c1-23(2,3)20-14-28-18-8-5-4-7-17(18)13-19(28)22(31)29(26-20)15-21(30)25-9-6-11-27-12-10-24-16-27/h4-5,7-8,10,12-13,16H,6,9,11,14-15H2,1-3H3,(H,25,30). The Morgan fingerprint density at radius 1 is 1.23 bits per heavy atom. The number of benzene rings is 1. The highest BCUT2D eigenvalue weighted by atomic mass is 16.2. The number of para-hydroxylation sites is 1. The van der Waals surface area contributed by atoms with Crippen LogP contribution < -0.4 is 5.32 Å². The summed E-state index contributed by atoms with van der Waals surface area (Å²) in [5, 5.41) is 9.85. The molecule has 1 aromatic carbocycles. The van der Waals surface area contributed by atoms with Gasteiger partial charge in [0.1, 0.15) is 12.2 Å². The van der Waals surface area contributed by atoms with Gasteiger partial charge in [0, 0.05) is 41.8 Å². The first-order valence-corrected chi connectivity index (χ1v) is 10.5. The van der Waals surface area contributed by atoms with Crippen LogP contribution in [0.25, 0.3) is 10.9 Å². The number of nitrogens with zero attached hydrogens (tertiary/aromatic N) is 5. The molecule has 162 valence electrons. The fraction of sp³-hybridized carbons (Fsp3) is 0.391. The van der Waals surface area contributed by atoms with E-state index in [2.05, 4.69) is 36.2 Å². The fourth-order valence-corrected chi connectivity index (χ4v) is 3.66. The molecular formula is C23H28N6O2. The maximum Gasteiger partial charge on any atom is 0.291 e. The third-order valence-electron chi connectivity index (χ3n) is 5.45. The monoisotopic (exact) mass is 420 g/mol. The molecule has 8 heteroatoms. The second-order valence-electron chi connectivity index (χ2n) is 8.84. The summed E-state index contributed by atoms with van der Waals surface area (Å²) in [5.74, 6) is -0.482. The van der Waals surface area contributed by atoms with E-state index in [-0.39, 0.29) is 23.8 Å². The fourth-order valence-electron chi connectivity index (χ4n) is 3.66. The van der Waals surface area contributed by atoms with Crippen molar-refractivity contribution in [2.24, 2.45) is 10.5 Å². The lowest BCUT2D eigenvalue weighted by Crippen LogP contribution is -2.39. The average molecular weight is 421 g/mol. The van der Waals surface area contributed by atoms with Crippen molar-refractivity contribution in [3.05, 3.63) is 54.7 Å². The van der Waals surface area contributed by atoms with E-state index in [9.17, 15) is 9.59 Å². The topological polar surface area (TPSA) is 84.5 Å². The number of amides is 2. The summed E-state index contributed by atoms with van der Waals surface area (Å²) in [4.78, 5) is 29.9. The molecule has 0 bridgehead atoms. The lowest BCUT2D eigenvalue weighted by Gasteiger charge is -2.23. The number of hydrogen-bond donors (Lipinski definition) is 1. The lowest BCUT2D eigenvalue weighted by atomic mass is 9.90. The minimum Gasteiger partial charge on any atom is -0.354 e. The van der Waals surface area contributed by atoms with Crippen LogP contribution in [0.1, 0.15) is 37.7 Å². The Hall–Kier alpha value is -3.42. The van der Waals surface area contributed by atoms with Crippen LogP contribution in [0.15, 0.2) is 54.2 Å². The van der Waals surface area contributed by atoms with Crippen molar-refractivity contribution in [1.82, 2.24) is 24.4 Å². The second-order valence-corrected chi connectivity index (χ2v) is 8.84. The van der Waals surface area contributed by atoms with Crippen LogP contribution in [0.3, 0.4) is 0 Å². The van der Waals surface area contributed by atoms with Crippen LogP contribution in [0.2, 0.25) is 0 Å². The van der Waals surface area contributed by atoms with Gasteiger partial charge in [-0.2, -0.15) is 5.10 Å². The largest absolute Gasteiger partial charge is 0.354 e. The number of carbonyl (C=O) groups is 2. The molecule has 4 rings (SSSR count). The van der Waals surface area contributed by atoms with Gasteiger partial charge < -0.3 is 14.5 Å². The van der Waals surface area contributed by atoms with E-state index < -0.39 is 0 Å². The van der Waals surface area contributed by atoms with Crippen molar-refractivity contribution >= 4 is 28.4 Å². The molecule has 0 saturated heterocycles. The zero-order valence-corrected chi connectivity index (χ0v) is 18.2. The van der Waals surface area contributed by atoms with Crippen LogP contribution in [-0.4, -0.2) is 49.7 Å². The maximum atomic E-state index is 13.3. The number of nitrogens with one attached hydrogen (secondary N) is 1. The average Bonchev–Trinajstić information content (AvgIpc) is 3.34. The van der Waals surface area contributed by atoms with Crippen LogP contribution >= 0.6 is 0 Å². The molecule has 0 saturated carbocycles. The van der Waals surface area contributed by atoms with Crippen molar-refractivity contribution in [1.29, 1.82) is 0 Å². The number of imidazole rings is 1. The first-order valence-electron chi connectivity index (χ1n) is 10.5. The molecule has 3 aromatic rings. The number of hydrazone groups is 1. The predicted molar refractivity (Wildman–Crippen MR) is 120 cm³/mol. The van der Waals surface area contributed by atoms with Crippen LogP contribution in [0.5, 0.6) is 0 Å². The molecule has 8 nitrogen and oxygen atoms in total. The summed E-state index contributed by atoms with van der Waals surface area (Å²) < 4.78 is 3.97. The maximum absolute atomic E-state index is 13.3. The Balaban J connectivity index is 1.51. The van der Waals surface area contributed by atoms with E-state index in [1.807, 2.05) is 45.7 Å². The Kier molecular flexibility index (Phi) is 5.63. The number of aromatic nitrogens is 3. The Labute approximate surface area is 181 Å². The lowest BCUT2D eigenvalue weighted by molar-refractivity contribution is -0.121. The Morgan fingerprint density at radius 3 is 2.77 bits per heavy atom. The molecule has 0 fully saturated rings. The number of fused-ring (bicyclic) bond motifs is 3. The van der Waals surface area contributed by atoms with Gasteiger partial charge in [0.2, 0.25) is 5.91 Å². The molecule has 0 radical (unpaired) electrons. The van der Waals surface area contributed by atoms with Crippen molar-refractivity contribution in [2.75, 3.05) is 13.1 Å². The van der Waals surface area contributed by atoms with Gasteiger partial charge in [-0.15, -0.1) is 0 Å². The zero-order valence-electron chi connectivity index (χ0n) is 18.2. The predicted octanol–water partition coefficient (Wildman–Crippen LogP) is 2.90. The number of aryl methyl sites for hydroxylation is 1. The first kappa shape index (κ1) is 20.8. The highest BCUT2D eigenvalue weighted by Gasteiger charge is 2.31. The van der Waals surface area contributed by atoms with Gasteiger partial charge in [0.25, 0.3) is 5.91 Å². The van der Waals surface area contributed by atoms with Gasteiger partial charge in [-0.05, 0) is 18.6 Å². The van der Waals surface area contributed by atoms with E-state index in [1.54, 1.807) is 12.5 Å². The van der Waals surface area contributed by atoms with E-state index in [0.29, 0.717) is 18.8 Å². The third kappa shape index (κ3) is 4.52. The minimum atomic E-state index is -0.260. The molecule has 0 aliphatic carbocycles. The summed E-state index contributed by atoms with van der Waals surface area (Å²) in [6, 6.07) is 9.81. The van der Waals surface area contributed by atoms with Crippen LogP contribution in [0, 0.1) is 5.41 Å². The number of hydrogen-bond acceptors (Lipinski definition) is 4. The number of rotatable bonds is 6. The highest BCUT2D eigenvalue weighted by Crippen LogP contribution is 2.27. The van der Waals surface area contributed by atoms with Gasteiger partial charge in [-0.3, -0.25) is 9.59 Å². The molecule has 1 N–H and O–H groups in total.